The standard InChI is InChI=1S/C15H23N3O2/c1-3-9-18(11-14(19)17-2)15(20)13-6-4-5-12(10-13)7-8-16/h4-6,10H,3,7-9,11,16H2,1-2H3,(H,17,19). The van der Waals surface area contributed by atoms with Crippen LogP contribution in [0, 0.1) is 0 Å². The molecule has 0 saturated heterocycles. The topological polar surface area (TPSA) is 75.4 Å². The van der Waals surface area contributed by atoms with Crippen LogP contribution < -0.4 is 11.1 Å². The van der Waals surface area contributed by atoms with Crippen molar-refractivity contribution in [1.29, 1.82) is 0 Å². The van der Waals surface area contributed by atoms with Crippen LogP contribution >= 0.6 is 0 Å². The summed E-state index contributed by atoms with van der Waals surface area (Å²) < 4.78 is 0. The molecule has 0 heterocycles. The van der Waals surface area contributed by atoms with Crippen LogP contribution in [-0.2, 0) is 11.2 Å². The number of nitrogens with zero attached hydrogens (tertiary/aromatic N) is 1. The van der Waals surface area contributed by atoms with E-state index in [1.165, 1.54) is 0 Å². The fourth-order valence-corrected chi connectivity index (χ4v) is 1.98. The van der Waals surface area contributed by atoms with Gasteiger partial charge in [0.2, 0.25) is 5.91 Å². The van der Waals surface area contributed by atoms with Crippen LogP contribution in [0.15, 0.2) is 24.3 Å². The molecule has 110 valence electrons. The van der Waals surface area contributed by atoms with Gasteiger partial charge in [0.25, 0.3) is 5.91 Å². The Hall–Kier alpha value is -1.88. The number of benzene rings is 1. The molecule has 0 fully saturated rings. The van der Waals surface area contributed by atoms with Gasteiger partial charge in [0.1, 0.15) is 0 Å². The van der Waals surface area contributed by atoms with Gasteiger partial charge in [-0.15, -0.1) is 0 Å². The average molecular weight is 277 g/mol. The number of nitrogens with two attached hydrogens (primary N) is 1. The van der Waals surface area contributed by atoms with Crippen molar-refractivity contribution in [1.82, 2.24) is 10.2 Å². The van der Waals surface area contributed by atoms with E-state index >= 15 is 0 Å². The normalized spacial score (nSPS) is 10.2. The molecule has 0 bridgehead atoms. The summed E-state index contributed by atoms with van der Waals surface area (Å²) in [7, 11) is 1.57. The van der Waals surface area contributed by atoms with Crippen molar-refractivity contribution in [3.8, 4) is 0 Å². The van der Waals surface area contributed by atoms with E-state index in [-0.39, 0.29) is 18.4 Å². The Morgan fingerprint density at radius 3 is 2.70 bits per heavy atom. The van der Waals surface area contributed by atoms with Gasteiger partial charge in [-0.25, -0.2) is 0 Å². The lowest BCUT2D eigenvalue weighted by molar-refractivity contribution is -0.121. The highest BCUT2D eigenvalue weighted by Gasteiger charge is 2.17. The van der Waals surface area contributed by atoms with Gasteiger partial charge >= 0.3 is 0 Å². The SMILES string of the molecule is CCCN(CC(=O)NC)C(=O)c1cccc(CCN)c1. The number of hydrogen-bond donors (Lipinski definition) is 2. The number of carbonyl (C=O) groups excluding carboxylic acids is 2. The molecule has 5 nitrogen and oxygen atoms in total. The van der Waals surface area contributed by atoms with Crippen LogP contribution in [0.2, 0.25) is 0 Å². The van der Waals surface area contributed by atoms with Gasteiger partial charge in [0, 0.05) is 19.2 Å². The van der Waals surface area contributed by atoms with Gasteiger partial charge in [-0.3, -0.25) is 9.59 Å². The molecule has 1 rings (SSSR count). The van der Waals surface area contributed by atoms with Crippen molar-refractivity contribution in [2.24, 2.45) is 5.73 Å². The summed E-state index contributed by atoms with van der Waals surface area (Å²) in [4.78, 5) is 25.5. The lowest BCUT2D eigenvalue weighted by atomic mass is 10.1. The fourth-order valence-electron chi connectivity index (χ4n) is 1.98. The average Bonchev–Trinajstić information content (AvgIpc) is 2.46. The lowest BCUT2D eigenvalue weighted by Gasteiger charge is -2.21. The van der Waals surface area contributed by atoms with E-state index < -0.39 is 0 Å². The molecule has 0 atom stereocenters. The van der Waals surface area contributed by atoms with Crippen molar-refractivity contribution in [3.05, 3.63) is 35.4 Å². The second-order valence-electron chi connectivity index (χ2n) is 4.64. The molecule has 0 radical (unpaired) electrons. The van der Waals surface area contributed by atoms with E-state index in [0.29, 0.717) is 18.7 Å². The van der Waals surface area contributed by atoms with E-state index in [9.17, 15) is 9.59 Å². The van der Waals surface area contributed by atoms with Crippen molar-refractivity contribution >= 4 is 11.8 Å². The summed E-state index contributed by atoms with van der Waals surface area (Å²) in [6, 6.07) is 7.42. The number of carbonyl (C=O) groups is 2. The van der Waals surface area contributed by atoms with Crippen molar-refractivity contribution in [2.45, 2.75) is 19.8 Å². The summed E-state index contributed by atoms with van der Waals surface area (Å²) in [5.74, 6) is -0.278. The molecule has 1 aromatic rings. The maximum absolute atomic E-state index is 12.5. The van der Waals surface area contributed by atoms with Crippen LogP contribution in [-0.4, -0.2) is 43.4 Å². The van der Waals surface area contributed by atoms with Gasteiger partial charge in [-0.05, 0) is 37.1 Å². The molecule has 1 aromatic carbocycles. The highest BCUT2D eigenvalue weighted by Crippen LogP contribution is 2.09. The molecule has 0 aliphatic heterocycles. The zero-order valence-corrected chi connectivity index (χ0v) is 12.2. The van der Waals surface area contributed by atoms with Gasteiger partial charge in [-0.1, -0.05) is 19.1 Å². The molecule has 20 heavy (non-hydrogen) atoms. The zero-order chi connectivity index (χ0) is 15.0. The molecular weight excluding hydrogens is 254 g/mol. The van der Waals surface area contributed by atoms with Gasteiger partial charge in [-0.2, -0.15) is 0 Å². The minimum absolute atomic E-state index is 0.0876. The molecule has 0 aliphatic rings. The van der Waals surface area contributed by atoms with Crippen molar-refractivity contribution in [3.63, 3.8) is 0 Å². The summed E-state index contributed by atoms with van der Waals surface area (Å²) in [6.45, 7) is 3.18. The smallest absolute Gasteiger partial charge is 0.254 e. The van der Waals surface area contributed by atoms with Gasteiger partial charge < -0.3 is 16.0 Å². The number of nitrogens with one attached hydrogen (secondary N) is 1. The Morgan fingerprint density at radius 1 is 1.35 bits per heavy atom. The third-order valence-electron chi connectivity index (χ3n) is 3.00. The predicted octanol–water partition coefficient (Wildman–Crippen LogP) is 0.786. The van der Waals surface area contributed by atoms with E-state index in [0.717, 1.165) is 18.4 Å². The number of likely N-dealkylation sites (N-methyl/N-ethyl adjacent to an activating group) is 1. The molecular formula is C15H23N3O2. The predicted molar refractivity (Wildman–Crippen MR) is 79.5 cm³/mol. The van der Waals surface area contributed by atoms with Crippen LogP contribution in [0.3, 0.4) is 0 Å². The largest absolute Gasteiger partial charge is 0.358 e. The number of amides is 2. The van der Waals surface area contributed by atoms with E-state index in [1.54, 1.807) is 18.0 Å². The first-order chi connectivity index (χ1) is 9.62. The third-order valence-corrected chi connectivity index (χ3v) is 3.00. The highest BCUT2D eigenvalue weighted by molar-refractivity contribution is 5.96. The zero-order valence-electron chi connectivity index (χ0n) is 12.2. The Morgan fingerprint density at radius 2 is 2.10 bits per heavy atom. The molecule has 0 unspecified atom stereocenters. The van der Waals surface area contributed by atoms with Crippen LogP contribution in [0.5, 0.6) is 0 Å². The van der Waals surface area contributed by atoms with Crippen molar-refractivity contribution in [2.75, 3.05) is 26.7 Å². The first-order valence-electron chi connectivity index (χ1n) is 6.91. The van der Waals surface area contributed by atoms with Crippen LogP contribution in [0.25, 0.3) is 0 Å². The van der Waals surface area contributed by atoms with E-state index in [2.05, 4.69) is 5.32 Å². The molecule has 5 heteroatoms. The summed E-state index contributed by atoms with van der Waals surface area (Å²) in [6.07, 6.45) is 1.55. The molecule has 2 amide bonds. The maximum Gasteiger partial charge on any atom is 0.254 e. The summed E-state index contributed by atoms with van der Waals surface area (Å²) in [5.41, 5.74) is 7.17. The highest BCUT2D eigenvalue weighted by atomic mass is 16.2. The Balaban J connectivity index is 2.87. The molecule has 0 spiro atoms. The second-order valence-corrected chi connectivity index (χ2v) is 4.64. The monoisotopic (exact) mass is 277 g/mol. The summed E-state index contributed by atoms with van der Waals surface area (Å²) in [5, 5.41) is 2.54. The Kier molecular flexibility index (Phi) is 6.73. The Bertz CT molecular complexity index is 460. The minimum atomic E-state index is -0.162. The maximum atomic E-state index is 12.5. The first kappa shape index (κ1) is 16.2. The summed E-state index contributed by atoms with van der Waals surface area (Å²) >= 11 is 0. The van der Waals surface area contributed by atoms with E-state index in [1.807, 2.05) is 25.1 Å². The first-order valence-corrected chi connectivity index (χ1v) is 6.91. The van der Waals surface area contributed by atoms with Crippen molar-refractivity contribution < 1.29 is 9.59 Å². The lowest BCUT2D eigenvalue weighted by Crippen LogP contribution is -2.40. The number of rotatable bonds is 7. The fraction of sp³-hybridized carbons (Fsp3) is 0.467. The molecule has 3 N–H and O–H groups in total. The quantitative estimate of drug-likeness (QED) is 0.773. The minimum Gasteiger partial charge on any atom is -0.358 e. The van der Waals surface area contributed by atoms with Crippen LogP contribution in [0.4, 0.5) is 0 Å². The molecule has 0 aliphatic carbocycles. The second kappa shape index (κ2) is 8.32. The Labute approximate surface area is 120 Å². The van der Waals surface area contributed by atoms with Crippen LogP contribution in [0.1, 0.15) is 29.3 Å². The third kappa shape index (κ3) is 4.66. The van der Waals surface area contributed by atoms with E-state index in [4.69, 9.17) is 5.73 Å². The number of hydrogen-bond acceptors (Lipinski definition) is 3. The molecule has 0 aromatic heterocycles. The van der Waals surface area contributed by atoms with Gasteiger partial charge in [0.05, 0.1) is 6.54 Å². The molecule has 0 saturated carbocycles. The van der Waals surface area contributed by atoms with Gasteiger partial charge in [0.15, 0.2) is 0 Å².